The second kappa shape index (κ2) is 6.55. The van der Waals surface area contributed by atoms with Gasteiger partial charge in [-0.05, 0) is 44.0 Å². The fourth-order valence-electron chi connectivity index (χ4n) is 3.44. The smallest absolute Gasteiger partial charge is 0.331 e. The Morgan fingerprint density at radius 2 is 1.58 bits per heavy atom. The van der Waals surface area contributed by atoms with Gasteiger partial charge in [0.05, 0.1) is 11.8 Å². The van der Waals surface area contributed by atoms with Crippen LogP contribution in [0, 0.1) is 11.8 Å². The summed E-state index contributed by atoms with van der Waals surface area (Å²) in [7, 11) is 0. The molecule has 1 heterocycles. The lowest BCUT2D eigenvalue weighted by atomic mass is 9.81. The molecule has 1 aromatic rings. The summed E-state index contributed by atoms with van der Waals surface area (Å²) in [6.45, 7) is 1.09. The van der Waals surface area contributed by atoms with Gasteiger partial charge in [-0.15, -0.1) is 0 Å². The maximum atomic E-state index is 12.3. The highest BCUT2D eigenvalue weighted by Gasteiger charge is 2.48. The van der Waals surface area contributed by atoms with E-state index in [0.29, 0.717) is 18.4 Å². The number of Topliss-reactive ketones (excluding diaryl/α,β-unsaturated/α-hetero) is 1. The quantitative estimate of drug-likeness (QED) is 0.365. The van der Waals surface area contributed by atoms with Crippen molar-refractivity contribution in [1.82, 2.24) is 4.90 Å². The molecule has 0 bridgehead atoms. The van der Waals surface area contributed by atoms with Crippen LogP contribution in [-0.4, -0.2) is 35.0 Å². The first kappa shape index (κ1) is 16.4. The molecule has 1 saturated carbocycles. The largest absolute Gasteiger partial charge is 0.425 e. The van der Waals surface area contributed by atoms with Gasteiger partial charge >= 0.3 is 5.97 Å². The van der Waals surface area contributed by atoms with Crippen LogP contribution in [0.4, 0.5) is 0 Å². The summed E-state index contributed by atoms with van der Waals surface area (Å²) in [4.78, 5) is 48.9. The maximum absolute atomic E-state index is 12.3. The Bertz CT molecular complexity index is 670. The molecule has 1 aliphatic heterocycles. The van der Waals surface area contributed by atoms with Gasteiger partial charge in [0.1, 0.15) is 12.3 Å². The zero-order chi connectivity index (χ0) is 17.3. The number of benzene rings is 1. The van der Waals surface area contributed by atoms with E-state index in [-0.39, 0.29) is 41.7 Å². The van der Waals surface area contributed by atoms with Crippen LogP contribution in [0.15, 0.2) is 24.3 Å². The monoisotopic (exact) mass is 329 g/mol. The van der Waals surface area contributed by atoms with Crippen molar-refractivity contribution in [2.45, 2.75) is 32.6 Å². The lowest BCUT2D eigenvalue weighted by Gasteiger charge is -2.19. The topological polar surface area (TPSA) is 80.8 Å². The molecule has 2 fully saturated rings. The number of amides is 2. The van der Waals surface area contributed by atoms with Crippen molar-refractivity contribution >= 4 is 23.6 Å². The molecule has 1 aromatic carbocycles. The van der Waals surface area contributed by atoms with E-state index < -0.39 is 5.97 Å². The first-order valence-corrected chi connectivity index (χ1v) is 8.14. The Hall–Kier alpha value is -2.50. The van der Waals surface area contributed by atoms with Crippen molar-refractivity contribution in [3.63, 3.8) is 0 Å². The van der Waals surface area contributed by atoms with Crippen molar-refractivity contribution in [2.75, 3.05) is 6.54 Å². The third-order valence-electron chi connectivity index (χ3n) is 4.71. The molecule has 3 rings (SSSR count). The van der Waals surface area contributed by atoms with Crippen LogP contribution in [0.25, 0.3) is 0 Å². The van der Waals surface area contributed by atoms with E-state index in [4.69, 9.17) is 4.74 Å². The molecule has 0 aromatic heterocycles. The fraction of sp³-hybridized carbons (Fsp3) is 0.444. The second-order valence-electron chi connectivity index (χ2n) is 6.31. The van der Waals surface area contributed by atoms with Gasteiger partial charge in [0.15, 0.2) is 5.78 Å². The third kappa shape index (κ3) is 3.09. The molecule has 24 heavy (non-hydrogen) atoms. The number of ether oxygens (including phenoxy) is 1. The lowest BCUT2D eigenvalue weighted by molar-refractivity contribution is -0.148. The minimum absolute atomic E-state index is 0.0799. The Labute approximate surface area is 139 Å². The van der Waals surface area contributed by atoms with Crippen LogP contribution >= 0.6 is 0 Å². The van der Waals surface area contributed by atoms with Crippen LogP contribution in [0.5, 0.6) is 5.75 Å². The van der Waals surface area contributed by atoms with Gasteiger partial charge in [-0.25, -0.2) is 4.79 Å². The minimum Gasteiger partial charge on any atom is -0.425 e. The number of carbonyl (C=O) groups excluding carboxylic acids is 4. The van der Waals surface area contributed by atoms with Gasteiger partial charge in [-0.1, -0.05) is 12.8 Å². The number of rotatable bonds is 4. The lowest BCUT2D eigenvalue weighted by Crippen LogP contribution is -2.37. The second-order valence-corrected chi connectivity index (χ2v) is 6.31. The van der Waals surface area contributed by atoms with E-state index in [2.05, 4.69) is 0 Å². The summed E-state index contributed by atoms with van der Waals surface area (Å²) >= 11 is 0. The maximum Gasteiger partial charge on any atom is 0.331 e. The summed E-state index contributed by atoms with van der Waals surface area (Å²) in [5.41, 5.74) is 0.517. The average molecular weight is 329 g/mol. The van der Waals surface area contributed by atoms with E-state index in [1.807, 2.05) is 0 Å². The molecule has 0 N–H and O–H groups in total. The Morgan fingerprint density at radius 3 is 2.08 bits per heavy atom. The zero-order valence-corrected chi connectivity index (χ0v) is 13.5. The summed E-state index contributed by atoms with van der Waals surface area (Å²) in [5, 5.41) is 0. The van der Waals surface area contributed by atoms with Crippen molar-refractivity contribution in [3.05, 3.63) is 29.8 Å². The van der Waals surface area contributed by atoms with Crippen LogP contribution in [0.1, 0.15) is 43.0 Å². The predicted octanol–water partition coefficient (Wildman–Crippen LogP) is 1.97. The molecule has 1 aliphatic carbocycles. The van der Waals surface area contributed by atoms with Gasteiger partial charge < -0.3 is 4.74 Å². The number of hydrogen-bond acceptors (Lipinski definition) is 5. The average Bonchev–Trinajstić information content (AvgIpc) is 2.81. The van der Waals surface area contributed by atoms with Gasteiger partial charge in [-0.3, -0.25) is 19.3 Å². The van der Waals surface area contributed by atoms with E-state index in [1.54, 1.807) is 12.1 Å². The van der Waals surface area contributed by atoms with Crippen LogP contribution in [-0.2, 0) is 14.4 Å². The molecule has 2 amide bonds. The molecule has 2 atom stereocenters. The summed E-state index contributed by atoms with van der Waals surface area (Å²) in [6, 6.07) is 6.15. The predicted molar refractivity (Wildman–Crippen MR) is 84.2 cm³/mol. The molecule has 126 valence electrons. The number of nitrogens with zero attached hydrogens (tertiary/aromatic N) is 1. The first-order chi connectivity index (χ1) is 11.5. The van der Waals surface area contributed by atoms with Crippen LogP contribution < -0.4 is 4.74 Å². The molecule has 1 saturated heterocycles. The number of likely N-dealkylation sites (tertiary alicyclic amines) is 1. The van der Waals surface area contributed by atoms with Crippen molar-refractivity contribution < 1.29 is 23.9 Å². The number of imide groups is 1. The van der Waals surface area contributed by atoms with E-state index in [9.17, 15) is 19.2 Å². The highest BCUT2D eigenvalue weighted by molar-refractivity contribution is 6.07. The van der Waals surface area contributed by atoms with Crippen LogP contribution in [0.2, 0.25) is 0 Å². The Kier molecular flexibility index (Phi) is 4.46. The number of carbonyl (C=O) groups is 4. The molecule has 0 radical (unpaired) electrons. The fourth-order valence-corrected chi connectivity index (χ4v) is 3.44. The third-order valence-corrected chi connectivity index (χ3v) is 4.71. The van der Waals surface area contributed by atoms with Gasteiger partial charge in [0.25, 0.3) is 0 Å². The molecule has 0 spiro atoms. The normalized spacial score (nSPS) is 23.1. The molecular weight excluding hydrogens is 310 g/mol. The Morgan fingerprint density at radius 1 is 1.04 bits per heavy atom. The summed E-state index contributed by atoms with van der Waals surface area (Å²) in [5.74, 6) is -1.51. The number of ketones is 1. The highest BCUT2D eigenvalue weighted by atomic mass is 16.5. The van der Waals surface area contributed by atoms with Gasteiger partial charge in [-0.2, -0.15) is 0 Å². The first-order valence-electron chi connectivity index (χ1n) is 8.14. The number of fused-ring (bicyclic) bond motifs is 1. The summed E-state index contributed by atoms with van der Waals surface area (Å²) < 4.78 is 5.16. The van der Waals surface area contributed by atoms with Gasteiger partial charge in [0, 0.05) is 5.56 Å². The Balaban J connectivity index is 1.63. The molecular formula is C18H19NO5. The number of hydrogen-bond donors (Lipinski definition) is 0. The minimum atomic E-state index is -0.661. The molecule has 6 heteroatoms. The van der Waals surface area contributed by atoms with Crippen LogP contribution in [0.3, 0.4) is 0 Å². The van der Waals surface area contributed by atoms with E-state index >= 15 is 0 Å². The van der Waals surface area contributed by atoms with E-state index in [1.165, 1.54) is 19.1 Å². The molecule has 6 nitrogen and oxygen atoms in total. The van der Waals surface area contributed by atoms with Crippen molar-refractivity contribution in [3.8, 4) is 5.75 Å². The molecule has 2 aliphatic rings. The SMILES string of the molecule is CC(=O)c1ccc(OC(=O)CN2C(=O)[C@@H]3CCCC[C@H]3C2=O)cc1. The van der Waals surface area contributed by atoms with E-state index in [0.717, 1.165) is 17.7 Å². The highest BCUT2D eigenvalue weighted by Crippen LogP contribution is 2.37. The zero-order valence-electron chi connectivity index (χ0n) is 13.5. The standard InChI is InChI=1S/C18H19NO5/c1-11(20)12-6-8-13(9-7-12)24-16(21)10-19-17(22)14-4-2-3-5-15(14)18(19)23/h6-9,14-15H,2-5,10H2,1H3/t14-,15-/m1/s1. The number of esters is 1. The summed E-state index contributed by atoms with van der Waals surface area (Å²) in [6.07, 6.45) is 3.32. The van der Waals surface area contributed by atoms with Crippen molar-refractivity contribution in [2.24, 2.45) is 11.8 Å². The molecule has 0 unspecified atom stereocenters. The van der Waals surface area contributed by atoms with Gasteiger partial charge in [0.2, 0.25) is 11.8 Å². The van der Waals surface area contributed by atoms with Crippen molar-refractivity contribution in [1.29, 1.82) is 0 Å².